The molecule has 0 bridgehead atoms. The van der Waals surface area contributed by atoms with Crippen molar-refractivity contribution in [1.29, 1.82) is 0 Å². The topological polar surface area (TPSA) is 144 Å². The van der Waals surface area contributed by atoms with Crippen LogP contribution in [0.5, 0.6) is 0 Å². The van der Waals surface area contributed by atoms with Crippen molar-refractivity contribution >= 4 is 0 Å². The third-order valence-electron chi connectivity index (χ3n) is 17.7. The van der Waals surface area contributed by atoms with Crippen LogP contribution in [0, 0.1) is 63.6 Å². The van der Waals surface area contributed by atoms with Crippen LogP contribution in [0.25, 0.3) is 0 Å². The van der Waals surface area contributed by atoms with Crippen LogP contribution < -0.4 is 11.2 Å². The monoisotopic (exact) mass is 747 g/mol. The van der Waals surface area contributed by atoms with Gasteiger partial charge in [0.05, 0.1) is 31.6 Å². The van der Waals surface area contributed by atoms with E-state index in [1.54, 1.807) is 11.6 Å². The first kappa shape index (κ1) is 38.3. The summed E-state index contributed by atoms with van der Waals surface area (Å²) in [5, 5.41) is 30.0. The number of fused-ring (bicyclic) bond motifs is 7. The van der Waals surface area contributed by atoms with E-state index in [9.17, 15) is 19.8 Å². The zero-order chi connectivity index (χ0) is 38.6. The number of aryl methyl sites for hydroxylation is 1. The third kappa shape index (κ3) is 5.47. The Morgan fingerprint density at radius 2 is 1.78 bits per heavy atom. The minimum atomic E-state index is -0.643. The number of ether oxygens (including phenoxy) is 2. The minimum Gasteiger partial charge on any atom is -0.396 e. The summed E-state index contributed by atoms with van der Waals surface area (Å²) < 4.78 is 16.1. The summed E-state index contributed by atoms with van der Waals surface area (Å²) in [6.07, 6.45) is 13.1. The van der Waals surface area contributed by atoms with Crippen molar-refractivity contribution in [3.63, 3.8) is 0 Å². The fourth-order valence-corrected chi connectivity index (χ4v) is 14.9. The van der Waals surface area contributed by atoms with Gasteiger partial charge in [0, 0.05) is 24.8 Å². The Morgan fingerprint density at radius 3 is 2.48 bits per heavy atom. The Labute approximate surface area is 320 Å². The molecule has 54 heavy (non-hydrogen) atoms. The molecule has 6 fully saturated rings. The fraction of sp³-hybridized carbons (Fsp3) is 0.814. The minimum absolute atomic E-state index is 0.00649. The normalized spacial score (nSPS) is 43.9. The van der Waals surface area contributed by atoms with Gasteiger partial charge in [0.1, 0.15) is 18.0 Å². The maximum Gasteiger partial charge on any atom is 0.330 e. The number of aliphatic hydroxyl groups is 2. The lowest BCUT2D eigenvalue weighted by Gasteiger charge is -2.73. The molecule has 11 heteroatoms. The van der Waals surface area contributed by atoms with Crippen LogP contribution in [-0.2, 0) is 16.1 Å². The average molecular weight is 748 g/mol. The molecule has 298 valence electrons. The molecular weight excluding hydrogens is 683 g/mol. The Kier molecular flexibility index (Phi) is 9.38. The molecule has 6 aliphatic rings. The van der Waals surface area contributed by atoms with Crippen molar-refractivity contribution in [2.24, 2.45) is 56.7 Å². The molecule has 2 aromatic heterocycles. The van der Waals surface area contributed by atoms with E-state index in [0.717, 1.165) is 25.0 Å². The van der Waals surface area contributed by atoms with E-state index in [1.165, 1.54) is 61.2 Å². The number of aromatic amines is 1. The number of aliphatic hydroxyl groups excluding tert-OH is 2. The van der Waals surface area contributed by atoms with Crippen molar-refractivity contribution in [2.75, 3.05) is 13.2 Å². The summed E-state index contributed by atoms with van der Waals surface area (Å²) in [6, 6.07) is 1.04. The third-order valence-corrected chi connectivity index (χ3v) is 17.7. The van der Waals surface area contributed by atoms with Crippen molar-refractivity contribution in [3.8, 4) is 0 Å². The maximum atomic E-state index is 12.6. The molecule has 2 aromatic rings. The van der Waals surface area contributed by atoms with Crippen LogP contribution in [0.15, 0.2) is 34.0 Å². The molecule has 3 N–H and O–H groups in total. The van der Waals surface area contributed by atoms with Crippen molar-refractivity contribution < 1.29 is 19.7 Å². The molecule has 0 aromatic carbocycles. The lowest BCUT2D eigenvalue weighted by Crippen LogP contribution is -2.67. The predicted octanol–water partition coefficient (Wildman–Crippen LogP) is 6.49. The SMILES string of the molecule is C=C(C)[C@@H]1CC[C@]2(CO)CC[C@]3(C)[C@H](CC[C@@H]4[C@@]5(C)CC[C@H](OCc6cn([C@@H]7C[C@@H](n8c(C)cc(=O)[nH]c8=O)O[C@H]7CO)nn6)C(C)(C)[C@@H]5CC[C@]43C)[C@@H]12. The lowest BCUT2D eigenvalue weighted by molar-refractivity contribution is -0.253. The van der Waals surface area contributed by atoms with E-state index < -0.39 is 23.6 Å². The number of nitrogens with zero attached hydrogens (tertiary/aromatic N) is 4. The largest absolute Gasteiger partial charge is 0.396 e. The fourth-order valence-electron chi connectivity index (χ4n) is 14.9. The molecule has 1 aliphatic heterocycles. The van der Waals surface area contributed by atoms with Gasteiger partial charge in [-0.15, -0.1) is 5.10 Å². The highest BCUT2D eigenvalue weighted by molar-refractivity contribution is 5.21. The van der Waals surface area contributed by atoms with Gasteiger partial charge in [-0.2, -0.15) is 0 Å². The second kappa shape index (κ2) is 13.2. The quantitative estimate of drug-likeness (QED) is 0.260. The Balaban J connectivity index is 0.963. The van der Waals surface area contributed by atoms with Crippen molar-refractivity contribution in [2.45, 2.75) is 150 Å². The van der Waals surface area contributed by atoms with Gasteiger partial charge >= 0.3 is 5.69 Å². The van der Waals surface area contributed by atoms with Gasteiger partial charge in [-0.1, -0.05) is 52.0 Å². The number of hydrogen-bond donors (Lipinski definition) is 3. The molecule has 11 nitrogen and oxygen atoms in total. The number of hydrogen-bond acceptors (Lipinski definition) is 8. The Bertz CT molecular complexity index is 1880. The van der Waals surface area contributed by atoms with Crippen LogP contribution in [0.4, 0.5) is 0 Å². The summed E-state index contributed by atoms with van der Waals surface area (Å²) in [6.45, 7) is 21.8. The number of rotatable bonds is 8. The lowest BCUT2D eigenvalue weighted by atomic mass is 9.32. The van der Waals surface area contributed by atoms with E-state index in [-0.39, 0.29) is 45.8 Å². The molecule has 0 unspecified atom stereocenters. The summed E-state index contributed by atoms with van der Waals surface area (Å²) in [5.74, 6) is 2.98. The van der Waals surface area contributed by atoms with Crippen LogP contribution >= 0.6 is 0 Å². The van der Waals surface area contributed by atoms with Crippen molar-refractivity contribution in [3.05, 3.63) is 56.6 Å². The second-order valence-corrected chi connectivity index (χ2v) is 20.1. The zero-order valence-electron chi connectivity index (χ0n) is 33.8. The molecule has 5 aliphatic carbocycles. The molecule has 3 heterocycles. The second-order valence-electron chi connectivity index (χ2n) is 20.1. The number of H-pyrrole nitrogens is 1. The molecule has 13 atom stereocenters. The number of allylic oxidation sites excluding steroid dienone is 1. The molecule has 0 radical (unpaired) electrons. The summed E-state index contributed by atoms with van der Waals surface area (Å²) >= 11 is 0. The van der Waals surface area contributed by atoms with Gasteiger partial charge in [-0.3, -0.25) is 14.3 Å². The van der Waals surface area contributed by atoms with Gasteiger partial charge in [-0.25, -0.2) is 9.48 Å². The Hall–Kier alpha value is -2.60. The smallest absolute Gasteiger partial charge is 0.330 e. The highest BCUT2D eigenvalue weighted by atomic mass is 16.5. The standard InChI is InChI=1S/C43H65N5O6/c1-25(2)28-11-16-43(24-50)18-17-41(7)29(37(28)43)9-10-33-40(6)14-13-34(39(4,5)32(40)12-15-42(33,41)8)53-23-27-21-47(46-45-27)30-20-36(54-31(30)22-49)48-26(3)19-35(51)44-38(48)52/h19,21,28-34,36-37,49-50H,1,9-18,20,22-24H2,2-8H3,(H,44,51,52)/t28-,29+,30+,31-,32-,33+,34-,36-,37+,40-,41+,42+,43+/m0/s1. The molecule has 0 spiro atoms. The van der Waals surface area contributed by atoms with Crippen molar-refractivity contribution in [1.82, 2.24) is 24.5 Å². The van der Waals surface area contributed by atoms with E-state index in [4.69, 9.17) is 9.47 Å². The predicted molar refractivity (Wildman–Crippen MR) is 205 cm³/mol. The maximum absolute atomic E-state index is 12.6. The average Bonchev–Trinajstić information content (AvgIpc) is 3.85. The first-order chi connectivity index (χ1) is 25.5. The van der Waals surface area contributed by atoms with Crippen LogP contribution in [-0.4, -0.2) is 60.2 Å². The van der Waals surface area contributed by atoms with Gasteiger partial charge in [-0.05, 0) is 135 Å². The molecule has 8 rings (SSSR count). The summed E-state index contributed by atoms with van der Waals surface area (Å²) in [5.41, 5.74) is 2.43. The van der Waals surface area contributed by atoms with Gasteiger partial charge in [0.2, 0.25) is 0 Å². The van der Waals surface area contributed by atoms with Crippen LogP contribution in [0.3, 0.4) is 0 Å². The van der Waals surface area contributed by atoms with Gasteiger partial charge < -0.3 is 19.7 Å². The first-order valence-electron chi connectivity index (χ1n) is 20.9. The summed E-state index contributed by atoms with van der Waals surface area (Å²) in [7, 11) is 0. The highest BCUT2D eigenvalue weighted by Gasteiger charge is 2.71. The molecular formula is C43H65N5O6. The molecule has 0 amide bonds. The molecule has 5 saturated carbocycles. The van der Waals surface area contributed by atoms with E-state index >= 15 is 0 Å². The van der Waals surface area contributed by atoms with E-state index in [0.29, 0.717) is 54.9 Å². The number of nitrogens with one attached hydrogen (secondary N) is 1. The highest BCUT2D eigenvalue weighted by Crippen LogP contribution is 2.77. The van der Waals surface area contributed by atoms with E-state index in [1.807, 2.05) is 6.20 Å². The molecule has 1 saturated heterocycles. The van der Waals surface area contributed by atoms with Gasteiger partial charge in [0.25, 0.3) is 5.56 Å². The van der Waals surface area contributed by atoms with Gasteiger partial charge in [0.15, 0.2) is 0 Å². The van der Waals surface area contributed by atoms with Crippen LogP contribution in [0.1, 0.15) is 136 Å². The summed E-state index contributed by atoms with van der Waals surface area (Å²) in [4.78, 5) is 26.7. The van der Waals surface area contributed by atoms with Crippen LogP contribution in [0.2, 0.25) is 0 Å². The Morgan fingerprint density at radius 1 is 1.00 bits per heavy atom. The zero-order valence-corrected chi connectivity index (χ0v) is 33.8. The first-order valence-corrected chi connectivity index (χ1v) is 20.9. The number of aromatic nitrogens is 5. The van der Waals surface area contributed by atoms with E-state index in [2.05, 4.69) is 63.4 Å².